The van der Waals surface area contributed by atoms with Crippen molar-refractivity contribution in [3.63, 3.8) is 0 Å². The van der Waals surface area contributed by atoms with E-state index in [0.29, 0.717) is 0 Å². The average molecular weight is 252 g/mol. The summed E-state index contributed by atoms with van der Waals surface area (Å²) in [7, 11) is 0. The first-order chi connectivity index (χ1) is 8.27. The molecule has 1 atom stereocenters. The second kappa shape index (κ2) is 8.60. The van der Waals surface area contributed by atoms with Gasteiger partial charge in [0.2, 0.25) is 0 Å². The Morgan fingerprint density at radius 1 is 1.06 bits per heavy atom. The van der Waals surface area contributed by atoms with Crippen LogP contribution in [-0.2, 0) is 0 Å². The molecule has 0 amide bonds. The van der Waals surface area contributed by atoms with Crippen LogP contribution in [0.1, 0.15) is 57.6 Å². The van der Waals surface area contributed by atoms with E-state index in [-0.39, 0.29) is 6.10 Å². The first-order valence-electron chi connectivity index (χ1n) is 6.68. The van der Waals surface area contributed by atoms with E-state index in [1.807, 2.05) is 11.8 Å². The monoisotopic (exact) mass is 252 g/mol. The maximum Gasteiger partial charge on any atom is 0.0790 e. The summed E-state index contributed by atoms with van der Waals surface area (Å²) in [5.74, 6) is 1.10. The molecule has 96 valence electrons. The molecule has 0 aliphatic carbocycles. The van der Waals surface area contributed by atoms with Gasteiger partial charge in [0.25, 0.3) is 0 Å². The number of aliphatic hydroxyl groups excluding tert-OH is 1. The number of rotatable bonds is 8. The van der Waals surface area contributed by atoms with Gasteiger partial charge in [-0.05, 0) is 29.9 Å². The molecule has 1 aromatic carbocycles. The lowest BCUT2D eigenvalue weighted by molar-refractivity contribution is 0.163. The molecule has 0 heterocycles. The molecule has 17 heavy (non-hydrogen) atoms. The molecule has 1 rings (SSSR count). The van der Waals surface area contributed by atoms with Crippen molar-refractivity contribution < 1.29 is 5.11 Å². The highest BCUT2D eigenvalue weighted by atomic mass is 32.2. The number of hydrogen-bond donors (Lipinski definition) is 1. The first-order valence-corrected chi connectivity index (χ1v) is 7.67. The molecular formula is C15H24OS. The minimum absolute atomic E-state index is 0.285. The van der Waals surface area contributed by atoms with Crippen LogP contribution in [0.25, 0.3) is 0 Å². The molecule has 0 aromatic heterocycles. The quantitative estimate of drug-likeness (QED) is 0.529. The molecule has 0 aliphatic rings. The molecule has 0 saturated carbocycles. The molecule has 0 radical (unpaired) electrons. The maximum atomic E-state index is 10.0. The molecule has 0 bridgehead atoms. The fourth-order valence-electron chi connectivity index (χ4n) is 1.88. The molecule has 0 aliphatic heterocycles. The smallest absolute Gasteiger partial charge is 0.0790 e. The van der Waals surface area contributed by atoms with E-state index in [1.54, 1.807) is 0 Å². The van der Waals surface area contributed by atoms with E-state index in [4.69, 9.17) is 0 Å². The number of unbranched alkanes of at least 4 members (excludes halogenated alkanes) is 3. The van der Waals surface area contributed by atoms with Crippen molar-refractivity contribution in [2.45, 2.75) is 57.0 Å². The van der Waals surface area contributed by atoms with Gasteiger partial charge in [0.15, 0.2) is 0 Å². The Kier molecular flexibility index (Phi) is 7.38. The van der Waals surface area contributed by atoms with Crippen LogP contribution in [0.4, 0.5) is 0 Å². The number of hydrogen-bond acceptors (Lipinski definition) is 2. The van der Waals surface area contributed by atoms with Crippen molar-refractivity contribution >= 4 is 11.8 Å². The SMILES string of the molecule is CCCCCCC(O)c1ccc(SCC)cc1. The highest BCUT2D eigenvalue weighted by Gasteiger charge is 2.06. The lowest BCUT2D eigenvalue weighted by Crippen LogP contribution is -1.97. The normalized spacial score (nSPS) is 12.6. The van der Waals surface area contributed by atoms with Crippen LogP contribution in [0, 0.1) is 0 Å². The summed E-state index contributed by atoms with van der Waals surface area (Å²) < 4.78 is 0. The average Bonchev–Trinajstić information content (AvgIpc) is 2.36. The van der Waals surface area contributed by atoms with Crippen molar-refractivity contribution in [2.24, 2.45) is 0 Å². The second-order valence-corrected chi connectivity index (χ2v) is 5.70. The fourth-order valence-corrected chi connectivity index (χ4v) is 2.55. The van der Waals surface area contributed by atoms with Gasteiger partial charge < -0.3 is 5.11 Å². The third-order valence-electron chi connectivity index (χ3n) is 2.91. The minimum atomic E-state index is -0.285. The predicted octanol–water partition coefficient (Wildman–Crippen LogP) is 4.80. The standard InChI is InChI=1S/C15H24OS/c1-3-5-6-7-8-15(16)13-9-11-14(12-10-13)17-4-2/h9-12,15-16H,3-8H2,1-2H3. The zero-order chi connectivity index (χ0) is 12.5. The molecule has 0 spiro atoms. The van der Waals surface area contributed by atoms with Gasteiger partial charge in [-0.15, -0.1) is 11.8 Å². The third-order valence-corrected chi connectivity index (χ3v) is 3.80. The third kappa shape index (κ3) is 5.60. The zero-order valence-corrected chi connectivity index (χ0v) is 11.8. The van der Waals surface area contributed by atoms with Crippen LogP contribution in [0.2, 0.25) is 0 Å². The Hall–Kier alpha value is -0.470. The fraction of sp³-hybridized carbons (Fsp3) is 0.600. The van der Waals surface area contributed by atoms with Crippen molar-refractivity contribution in [3.8, 4) is 0 Å². The van der Waals surface area contributed by atoms with E-state index < -0.39 is 0 Å². The van der Waals surface area contributed by atoms with E-state index >= 15 is 0 Å². The van der Waals surface area contributed by atoms with Crippen molar-refractivity contribution in [3.05, 3.63) is 29.8 Å². The Balaban J connectivity index is 2.37. The first kappa shape index (κ1) is 14.6. The number of thioether (sulfide) groups is 1. The van der Waals surface area contributed by atoms with Crippen molar-refractivity contribution in [1.82, 2.24) is 0 Å². The lowest BCUT2D eigenvalue weighted by atomic mass is 10.0. The van der Waals surface area contributed by atoms with E-state index in [1.165, 1.54) is 24.2 Å². The van der Waals surface area contributed by atoms with Gasteiger partial charge in [0.05, 0.1) is 6.10 Å². The summed E-state index contributed by atoms with van der Waals surface area (Å²) in [4.78, 5) is 1.29. The summed E-state index contributed by atoms with van der Waals surface area (Å²) >= 11 is 1.84. The zero-order valence-electron chi connectivity index (χ0n) is 11.0. The molecule has 1 aromatic rings. The Morgan fingerprint density at radius 2 is 1.76 bits per heavy atom. The molecule has 2 heteroatoms. The van der Waals surface area contributed by atoms with E-state index in [9.17, 15) is 5.11 Å². The molecule has 1 N–H and O–H groups in total. The molecule has 1 unspecified atom stereocenters. The minimum Gasteiger partial charge on any atom is -0.388 e. The lowest BCUT2D eigenvalue weighted by Gasteiger charge is -2.11. The van der Waals surface area contributed by atoms with Gasteiger partial charge in [-0.2, -0.15) is 0 Å². The predicted molar refractivity (Wildman–Crippen MR) is 76.6 cm³/mol. The Morgan fingerprint density at radius 3 is 2.35 bits per heavy atom. The van der Waals surface area contributed by atoms with Gasteiger partial charge in [-0.1, -0.05) is 51.7 Å². The summed E-state index contributed by atoms with van der Waals surface area (Å²) in [6.45, 7) is 4.36. The number of aliphatic hydroxyl groups is 1. The molecule has 0 saturated heterocycles. The summed E-state index contributed by atoms with van der Waals surface area (Å²) in [6, 6.07) is 8.34. The molecule has 0 fully saturated rings. The van der Waals surface area contributed by atoms with Crippen LogP contribution in [0.15, 0.2) is 29.2 Å². The largest absolute Gasteiger partial charge is 0.388 e. The Bertz CT molecular complexity index is 294. The van der Waals surface area contributed by atoms with Gasteiger partial charge in [-0.3, -0.25) is 0 Å². The molecular weight excluding hydrogens is 228 g/mol. The van der Waals surface area contributed by atoms with Gasteiger partial charge >= 0.3 is 0 Å². The van der Waals surface area contributed by atoms with Crippen LogP contribution >= 0.6 is 11.8 Å². The van der Waals surface area contributed by atoms with Crippen LogP contribution in [0.3, 0.4) is 0 Å². The van der Waals surface area contributed by atoms with E-state index in [0.717, 1.165) is 24.2 Å². The van der Waals surface area contributed by atoms with Gasteiger partial charge in [0, 0.05) is 4.90 Å². The topological polar surface area (TPSA) is 20.2 Å². The van der Waals surface area contributed by atoms with Crippen molar-refractivity contribution in [1.29, 1.82) is 0 Å². The highest BCUT2D eigenvalue weighted by molar-refractivity contribution is 7.99. The maximum absolute atomic E-state index is 10.0. The summed E-state index contributed by atoms with van der Waals surface area (Å²) in [6.07, 6.45) is 5.49. The molecule has 1 nitrogen and oxygen atoms in total. The summed E-state index contributed by atoms with van der Waals surface area (Å²) in [5.41, 5.74) is 1.06. The van der Waals surface area contributed by atoms with Gasteiger partial charge in [-0.25, -0.2) is 0 Å². The van der Waals surface area contributed by atoms with Gasteiger partial charge in [0.1, 0.15) is 0 Å². The van der Waals surface area contributed by atoms with Crippen molar-refractivity contribution in [2.75, 3.05) is 5.75 Å². The highest BCUT2D eigenvalue weighted by Crippen LogP contribution is 2.23. The van der Waals surface area contributed by atoms with E-state index in [2.05, 4.69) is 38.1 Å². The van der Waals surface area contributed by atoms with Crippen LogP contribution in [0.5, 0.6) is 0 Å². The van der Waals surface area contributed by atoms with Crippen LogP contribution < -0.4 is 0 Å². The second-order valence-electron chi connectivity index (χ2n) is 4.37. The Labute approximate surface area is 110 Å². The van der Waals surface area contributed by atoms with Crippen LogP contribution in [-0.4, -0.2) is 10.9 Å². The summed E-state index contributed by atoms with van der Waals surface area (Å²) in [5, 5.41) is 10.0. The number of benzene rings is 1.